The zero-order valence-corrected chi connectivity index (χ0v) is 8.27. The molecule has 0 radical (unpaired) electrons. The molecule has 1 aromatic rings. The normalized spacial score (nSPS) is 14.2. The largest absolute Gasteiger partial charge is 0.334 e. The number of carbonyl (C=O) groups excluding carboxylic acids is 1. The minimum Gasteiger partial charge on any atom is -0.334 e. The third kappa shape index (κ3) is 1.36. The van der Waals surface area contributed by atoms with E-state index in [1.54, 1.807) is 17.0 Å². The third-order valence-corrected chi connectivity index (χ3v) is 2.60. The average Bonchev–Trinajstić information content (AvgIpc) is 2.55. The molecule has 1 aliphatic rings. The van der Waals surface area contributed by atoms with Crippen LogP contribution in [-0.2, 0) is 6.54 Å². The van der Waals surface area contributed by atoms with E-state index >= 15 is 0 Å². The fourth-order valence-electron chi connectivity index (χ4n) is 1.80. The van der Waals surface area contributed by atoms with E-state index in [1.807, 2.05) is 6.92 Å². The van der Waals surface area contributed by atoms with Crippen molar-refractivity contribution in [2.24, 2.45) is 0 Å². The van der Waals surface area contributed by atoms with E-state index < -0.39 is 4.92 Å². The van der Waals surface area contributed by atoms with Crippen LogP contribution in [0.4, 0.5) is 5.69 Å². The first kappa shape index (κ1) is 9.64. The van der Waals surface area contributed by atoms with E-state index in [4.69, 9.17) is 0 Å². The Morgan fingerprint density at radius 2 is 2.27 bits per heavy atom. The molecule has 78 valence electrons. The number of nitro groups is 1. The molecule has 0 saturated carbocycles. The Bertz CT molecular complexity index is 442. The fraction of sp³-hybridized carbons (Fsp3) is 0.300. The van der Waals surface area contributed by atoms with Crippen molar-refractivity contribution in [3.05, 3.63) is 39.4 Å². The van der Waals surface area contributed by atoms with Crippen LogP contribution < -0.4 is 0 Å². The lowest BCUT2D eigenvalue weighted by Gasteiger charge is -2.10. The number of fused-ring (bicyclic) bond motifs is 1. The van der Waals surface area contributed by atoms with Crippen LogP contribution in [-0.4, -0.2) is 22.3 Å². The SMILES string of the molecule is CCN1Cc2c(cccc2[N+](=O)[O-])C1=O. The molecule has 0 spiro atoms. The molecule has 5 heteroatoms. The lowest BCUT2D eigenvalue weighted by Crippen LogP contribution is -2.22. The van der Waals surface area contributed by atoms with E-state index in [-0.39, 0.29) is 11.6 Å². The predicted octanol–water partition coefficient (Wildman–Crippen LogP) is 1.57. The molecule has 1 heterocycles. The molecule has 0 bridgehead atoms. The summed E-state index contributed by atoms with van der Waals surface area (Å²) in [6.45, 7) is 2.78. The van der Waals surface area contributed by atoms with Gasteiger partial charge in [-0.15, -0.1) is 0 Å². The summed E-state index contributed by atoms with van der Waals surface area (Å²) in [4.78, 5) is 23.6. The van der Waals surface area contributed by atoms with Gasteiger partial charge < -0.3 is 4.90 Å². The number of nitrogens with zero attached hydrogens (tertiary/aromatic N) is 2. The lowest BCUT2D eigenvalue weighted by molar-refractivity contribution is -0.385. The summed E-state index contributed by atoms with van der Waals surface area (Å²) in [5.74, 6) is -0.115. The number of benzene rings is 1. The van der Waals surface area contributed by atoms with Gasteiger partial charge in [0.25, 0.3) is 11.6 Å². The van der Waals surface area contributed by atoms with Gasteiger partial charge in [0.15, 0.2) is 0 Å². The van der Waals surface area contributed by atoms with Crippen LogP contribution in [0.1, 0.15) is 22.8 Å². The predicted molar refractivity (Wildman–Crippen MR) is 53.5 cm³/mol. The summed E-state index contributed by atoms with van der Waals surface area (Å²) < 4.78 is 0. The molecule has 15 heavy (non-hydrogen) atoms. The van der Waals surface area contributed by atoms with Gasteiger partial charge >= 0.3 is 0 Å². The number of carbonyl (C=O) groups is 1. The maximum absolute atomic E-state index is 11.7. The zero-order chi connectivity index (χ0) is 11.0. The van der Waals surface area contributed by atoms with Crippen LogP contribution in [0.5, 0.6) is 0 Å². The fourth-order valence-corrected chi connectivity index (χ4v) is 1.80. The molecule has 0 saturated heterocycles. The van der Waals surface area contributed by atoms with Gasteiger partial charge in [0.1, 0.15) is 0 Å². The summed E-state index contributed by atoms with van der Waals surface area (Å²) >= 11 is 0. The van der Waals surface area contributed by atoms with Crippen LogP contribution in [0, 0.1) is 10.1 Å². The molecule has 2 rings (SSSR count). The van der Waals surface area contributed by atoms with E-state index in [0.717, 1.165) is 0 Å². The smallest absolute Gasteiger partial charge is 0.275 e. The van der Waals surface area contributed by atoms with Crippen LogP contribution in [0.25, 0.3) is 0 Å². The zero-order valence-electron chi connectivity index (χ0n) is 8.27. The second-order valence-corrected chi connectivity index (χ2v) is 3.38. The molecular formula is C10H10N2O3. The van der Waals surface area contributed by atoms with Crippen molar-refractivity contribution in [1.82, 2.24) is 4.90 Å². The van der Waals surface area contributed by atoms with Crippen molar-refractivity contribution in [1.29, 1.82) is 0 Å². The average molecular weight is 206 g/mol. The second kappa shape index (κ2) is 3.34. The summed E-state index contributed by atoms with van der Waals surface area (Å²) in [5, 5.41) is 10.7. The molecule has 0 atom stereocenters. The number of nitro benzene ring substituents is 1. The highest BCUT2D eigenvalue weighted by molar-refractivity contribution is 5.99. The monoisotopic (exact) mass is 206 g/mol. The van der Waals surface area contributed by atoms with Crippen molar-refractivity contribution < 1.29 is 9.72 Å². The molecular weight excluding hydrogens is 196 g/mol. The van der Waals surface area contributed by atoms with E-state index in [9.17, 15) is 14.9 Å². The summed E-state index contributed by atoms with van der Waals surface area (Å²) in [6.07, 6.45) is 0. The first-order chi connectivity index (χ1) is 7.15. The molecule has 0 unspecified atom stereocenters. The van der Waals surface area contributed by atoms with Crippen LogP contribution >= 0.6 is 0 Å². The topological polar surface area (TPSA) is 63.4 Å². The highest BCUT2D eigenvalue weighted by Crippen LogP contribution is 2.30. The van der Waals surface area contributed by atoms with Crippen molar-refractivity contribution in [3.63, 3.8) is 0 Å². The Morgan fingerprint density at radius 1 is 1.53 bits per heavy atom. The summed E-state index contributed by atoms with van der Waals surface area (Å²) in [7, 11) is 0. The van der Waals surface area contributed by atoms with Gasteiger partial charge in [-0.05, 0) is 13.0 Å². The summed E-state index contributed by atoms with van der Waals surface area (Å²) in [5.41, 5.74) is 1.04. The standard InChI is InChI=1S/C10H10N2O3/c1-2-11-6-8-7(10(11)13)4-3-5-9(8)12(14)15/h3-5H,2,6H2,1H3. The van der Waals surface area contributed by atoms with Gasteiger partial charge in [-0.25, -0.2) is 0 Å². The van der Waals surface area contributed by atoms with Crippen molar-refractivity contribution >= 4 is 11.6 Å². The van der Waals surface area contributed by atoms with Crippen molar-refractivity contribution in [3.8, 4) is 0 Å². The van der Waals surface area contributed by atoms with Gasteiger partial charge in [-0.1, -0.05) is 6.07 Å². The third-order valence-electron chi connectivity index (χ3n) is 2.60. The van der Waals surface area contributed by atoms with Crippen LogP contribution in [0.3, 0.4) is 0 Å². The molecule has 1 amide bonds. The van der Waals surface area contributed by atoms with E-state index in [1.165, 1.54) is 6.07 Å². The van der Waals surface area contributed by atoms with Gasteiger partial charge in [0.2, 0.25) is 0 Å². The number of amides is 1. The Balaban J connectivity index is 2.53. The first-order valence-electron chi connectivity index (χ1n) is 4.70. The molecule has 0 fully saturated rings. The van der Waals surface area contributed by atoms with E-state index in [2.05, 4.69) is 0 Å². The van der Waals surface area contributed by atoms with Gasteiger partial charge in [0, 0.05) is 12.6 Å². The molecule has 5 nitrogen and oxygen atoms in total. The Kier molecular flexibility index (Phi) is 2.15. The highest BCUT2D eigenvalue weighted by Gasteiger charge is 2.31. The first-order valence-corrected chi connectivity index (χ1v) is 4.70. The lowest BCUT2D eigenvalue weighted by atomic mass is 10.1. The molecule has 1 aromatic carbocycles. The number of hydrogen-bond acceptors (Lipinski definition) is 3. The quantitative estimate of drug-likeness (QED) is 0.545. The number of hydrogen-bond donors (Lipinski definition) is 0. The van der Waals surface area contributed by atoms with Crippen molar-refractivity contribution in [2.75, 3.05) is 6.54 Å². The molecule has 0 aliphatic carbocycles. The summed E-state index contributed by atoms with van der Waals surface area (Å²) in [6, 6.07) is 4.62. The second-order valence-electron chi connectivity index (χ2n) is 3.38. The highest BCUT2D eigenvalue weighted by atomic mass is 16.6. The Hall–Kier alpha value is -1.91. The Labute approximate surface area is 86.5 Å². The maximum Gasteiger partial charge on any atom is 0.275 e. The minimum atomic E-state index is -0.439. The van der Waals surface area contributed by atoms with Crippen LogP contribution in [0.2, 0.25) is 0 Å². The minimum absolute atomic E-state index is 0.0387. The Morgan fingerprint density at radius 3 is 2.87 bits per heavy atom. The van der Waals surface area contributed by atoms with Gasteiger partial charge in [-0.3, -0.25) is 14.9 Å². The maximum atomic E-state index is 11.7. The molecule has 1 aliphatic heterocycles. The van der Waals surface area contributed by atoms with Gasteiger partial charge in [0.05, 0.1) is 22.6 Å². The van der Waals surface area contributed by atoms with Gasteiger partial charge in [-0.2, -0.15) is 0 Å². The molecule has 0 N–H and O–H groups in total. The van der Waals surface area contributed by atoms with Crippen molar-refractivity contribution in [2.45, 2.75) is 13.5 Å². The van der Waals surface area contributed by atoms with Crippen LogP contribution in [0.15, 0.2) is 18.2 Å². The number of rotatable bonds is 2. The van der Waals surface area contributed by atoms with E-state index in [0.29, 0.717) is 24.2 Å². The molecule has 0 aromatic heterocycles.